The predicted octanol–water partition coefficient (Wildman–Crippen LogP) is 3.76. The van der Waals surface area contributed by atoms with Crippen LogP contribution in [0.4, 0.5) is 8.78 Å². The molecule has 32 heavy (non-hydrogen) atoms. The summed E-state index contributed by atoms with van der Waals surface area (Å²) >= 11 is 0. The highest BCUT2D eigenvalue weighted by Crippen LogP contribution is 2.29. The molecule has 0 saturated carbocycles. The zero-order valence-electron chi connectivity index (χ0n) is 17.0. The van der Waals surface area contributed by atoms with Crippen molar-refractivity contribution in [3.63, 3.8) is 0 Å². The van der Waals surface area contributed by atoms with Crippen LogP contribution in [0.15, 0.2) is 42.5 Å². The van der Waals surface area contributed by atoms with Crippen molar-refractivity contribution in [1.29, 1.82) is 0 Å². The number of benzene rings is 2. The summed E-state index contributed by atoms with van der Waals surface area (Å²) in [4.78, 5) is 39.9. The molecule has 1 aromatic heterocycles. The highest BCUT2D eigenvalue weighted by atomic mass is 19.3. The van der Waals surface area contributed by atoms with Crippen LogP contribution in [0.3, 0.4) is 0 Å². The Balaban J connectivity index is 1.33. The van der Waals surface area contributed by atoms with Crippen molar-refractivity contribution in [3.05, 3.63) is 64.8 Å². The molecular formula is C23H20F2N2O5. The third-order valence-corrected chi connectivity index (χ3v) is 5.26. The van der Waals surface area contributed by atoms with E-state index in [0.717, 1.165) is 36.6 Å². The number of fused-ring (bicyclic) bond motifs is 3. The number of halogens is 2. The minimum atomic E-state index is -2.98. The molecule has 0 saturated heterocycles. The lowest BCUT2D eigenvalue weighted by atomic mass is 9.95. The molecule has 9 heteroatoms. The quantitative estimate of drug-likeness (QED) is 0.567. The Hall–Kier alpha value is -3.75. The van der Waals surface area contributed by atoms with Gasteiger partial charge in [-0.3, -0.25) is 14.9 Å². The Bertz CT molecular complexity index is 1170. The minimum absolute atomic E-state index is 0.0639. The SMILES string of the molecule is O=C(COC(=O)c1ccc2[nH]c3c(c2c1)CCCC3)NC(=O)c1ccc(OC(F)F)cc1. The molecule has 7 nitrogen and oxygen atoms in total. The Kier molecular flexibility index (Phi) is 6.16. The topological polar surface area (TPSA) is 97.5 Å². The van der Waals surface area contributed by atoms with Crippen molar-refractivity contribution in [1.82, 2.24) is 10.3 Å². The molecule has 0 spiro atoms. The molecule has 0 unspecified atom stereocenters. The van der Waals surface area contributed by atoms with E-state index in [1.165, 1.54) is 35.5 Å². The third-order valence-electron chi connectivity index (χ3n) is 5.26. The first-order valence-corrected chi connectivity index (χ1v) is 10.1. The molecule has 166 valence electrons. The van der Waals surface area contributed by atoms with Crippen molar-refractivity contribution in [2.75, 3.05) is 6.61 Å². The number of aryl methyl sites for hydroxylation is 2. The first-order chi connectivity index (χ1) is 15.4. The predicted molar refractivity (Wildman–Crippen MR) is 111 cm³/mol. The number of aromatic nitrogens is 1. The Morgan fingerprint density at radius 1 is 1.00 bits per heavy atom. The number of H-pyrrole nitrogens is 1. The van der Waals surface area contributed by atoms with E-state index in [0.29, 0.717) is 5.56 Å². The number of hydrogen-bond acceptors (Lipinski definition) is 5. The number of nitrogens with one attached hydrogen (secondary N) is 2. The van der Waals surface area contributed by atoms with Gasteiger partial charge in [0.15, 0.2) is 6.61 Å². The largest absolute Gasteiger partial charge is 0.452 e. The molecule has 0 radical (unpaired) electrons. The monoisotopic (exact) mass is 442 g/mol. The van der Waals surface area contributed by atoms with Crippen molar-refractivity contribution in [2.45, 2.75) is 32.3 Å². The molecule has 0 aliphatic heterocycles. The average Bonchev–Trinajstić information content (AvgIpc) is 3.15. The van der Waals surface area contributed by atoms with Crippen molar-refractivity contribution in [2.24, 2.45) is 0 Å². The summed E-state index contributed by atoms with van der Waals surface area (Å²) in [5.41, 5.74) is 3.76. The standard InChI is InChI=1S/C23H20F2N2O5/c24-23(25)32-15-8-5-13(6-9-15)21(29)27-20(28)12-31-22(30)14-7-10-19-17(11-14)16-3-1-2-4-18(16)26-19/h5-11,23,26H,1-4,12H2,(H,27,28,29). The minimum Gasteiger partial charge on any atom is -0.452 e. The van der Waals surface area contributed by atoms with Crippen molar-refractivity contribution in [3.8, 4) is 5.75 Å². The van der Waals surface area contributed by atoms with Gasteiger partial charge in [0.25, 0.3) is 11.8 Å². The smallest absolute Gasteiger partial charge is 0.387 e. The van der Waals surface area contributed by atoms with E-state index >= 15 is 0 Å². The summed E-state index contributed by atoms with van der Waals surface area (Å²) in [5, 5.41) is 3.06. The van der Waals surface area contributed by atoms with Crippen LogP contribution in [0.1, 0.15) is 44.8 Å². The van der Waals surface area contributed by atoms with Gasteiger partial charge < -0.3 is 14.5 Å². The second kappa shape index (κ2) is 9.17. The van der Waals surface area contributed by atoms with Crippen LogP contribution < -0.4 is 10.1 Å². The van der Waals surface area contributed by atoms with E-state index in [1.54, 1.807) is 12.1 Å². The number of aromatic amines is 1. The number of carbonyl (C=O) groups excluding carboxylic acids is 3. The number of amides is 2. The zero-order chi connectivity index (χ0) is 22.7. The van der Waals surface area contributed by atoms with Gasteiger partial charge in [0.1, 0.15) is 5.75 Å². The van der Waals surface area contributed by atoms with Gasteiger partial charge in [0.2, 0.25) is 0 Å². The van der Waals surface area contributed by atoms with Crippen LogP contribution in [0.5, 0.6) is 5.75 Å². The fourth-order valence-corrected chi connectivity index (χ4v) is 3.77. The lowest BCUT2D eigenvalue weighted by Gasteiger charge is -2.10. The van der Waals surface area contributed by atoms with Crippen LogP contribution in [0, 0.1) is 0 Å². The first kappa shape index (κ1) is 21.5. The molecule has 2 N–H and O–H groups in total. The zero-order valence-corrected chi connectivity index (χ0v) is 17.0. The lowest BCUT2D eigenvalue weighted by molar-refractivity contribution is -0.123. The Morgan fingerprint density at radius 2 is 1.72 bits per heavy atom. The van der Waals surface area contributed by atoms with Crippen molar-refractivity contribution < 1.29 is 32.6 Å². The Labute approximate surface area is 181 Å². The number of carbonyl (C=O) groups is 3. The molecule has 3 aromatic rings. The maximum absolute atomic E-state index is 12.4. The van der Waals surface area contributed by atoms with E-state index in [4.69, 9.17) is 4.74 Å². The number of rotatable bonds is 6. The fourth-order valence-electron chi connectivity index (χ4n) is 3.77. The van der Waals surface area contributed by atoms with Crippen molar-refractivity contribution >= 4 is 28.7 Å². The number of alkyl halides is 2. The summed E-state index contributed by atoms with van der Waals surface area (Å²) in [6.07, 6.45) is 4.18. The highest BCUT2D eigenvalue weighted by molar-refractivity contribution is 6.05. The molecule has 4 rings (SSSR count). The number of imide groups is 1. The number of esters is 1. The summed E-state index contributed by atoms with van der Waals surface area (Å²) < 4.78 is 33.6. The van der Waals surface area contributed by atoms with E-state index in [1.807, 2.05) is 6.07 Å². The van der Waals surface area contributed by atoms with Gasteiger partial charge >= 0.3 is 12.6 Å². The van der Waals surface area contributed by atoms with Crippen LogP contribution >= 0.6 is 0 Å². The van der Waals surface area contributed by atoms with Gasteiger partial charge in [-0.05, 0) is 73.7 Å². The molecule has 2 amide bonds. The van der Waals surface area contributed by atoms with Gasteiger partial charge in [-0.2, -0.15) is 8.78 Å². The van der Waals surface area contributed by atoms with Crippen LogP contribution in [0.25, 0.3) is 10.9 Å². The molecule has 1 aliphatic rings. The molecule has 1 heterocycles. The van der Waals surface area contributed by atoms with Gasteiger partial charge in [-0.15, -0.1) is 0 Å². The van der Waals surface area contributed by atoms with Crippen LogP contribution in [0.2, 0.25) is 0 Å². The van der Waals surface area contributed by atoms with E-state index in [9.17, 15) is 23.2 Å². The molecule has 1 aliphatic carbocycles. The summed E-state index contributed by atoms with van der Waals surface area (Å²) in [7, 11) is 0. The van der Waals surface area contributed by atoms with Gasteiger partial charge in [-0.25, -0.2) is 4.79 Å². The Morgan fingerprint density at radius 3 is 2.47 bits per heavy atom. The molecular weight excluding hydrogens is 422 g/mol. The van der Waals surface area contributed by atoms with E-state index in [2.05, 4.69) is 15.0 Å². The van der Waals surface area contributed by atoms with Gasteiger partial charge in [-0.1, -0.05) is 0 Å². The molecule has 0 atom stereocenters. The van der Waals surface area contributed by atoms with Crippen LogP contribution in [-0.4, -0.2) is 36.0 Å². The van der Waals surface area contributed by atoms with E-state index < -0.39 is 31.0 Å². The lowest BCUT2D eigenvalue weighted by Crippen LogP contribution is -2.34. The average molecular weight is 442 g/mol. The van der Waals surface area contributed by atoms with Gasteiger partial charge in [0.05, 0.1) is 5.56 Å². The summed E-state index contributed by atoms with van der Waals surface area (Å²) in [5.74, 6) is -2.35. The first-order valence-electron chi connectivity index (χ1n) is 10.1. The molecule has 2 aromatic carbocycles. The van der Waals surface area contributed by atoms with Crippen LogP contribution in [-0.2, 0) is 22.4 Å². The molecule has 0 fully saturated rings. The van der Waals surface area contributed by atoms with E-state index in [-0.39, 0.29) is 11.3 Å². The maximum Gasteiger partial charge on any atom is 0.387 e. The highest BCUT2D eigenvalue weighted by Gasteiger charge is 2.18. The normalized spacial score (nSPS) is 13.0. The summed E-state index contributed by atoms with van der Waals surface area (Å²) in [6, 6.07) is 10.0. The summed E-state index contributed by atoms with van der Waals surface area (Å²) in [6.45, 7) is -3.62. The second-order valence-electron chi connectivity index (χ2n) is 7.41. The van der Waals surface area contributed by atoms with Gasteiger partial charge in [0, 0.05) is 22.2 Å². The number of hydrogen-bond donors (Lipinski definition) is 2. The second-order valence-corrected chi connectivity index (χ2v) is 7.41. The fraction of sp³-hybridized carbons (Fsp3) is 0.261. The number of ether oxygens (including phenoxy) is 2. The third kappa shape index (κ3) is 4.77. The maximum atomic E-state index is 12.4. The molecule has 0 bridgehead atoms.